The SMILES string of the molecule is CCOc1cccc(C(c2cc(OC)c(OC)c(OC)c2)N2CCCCC2C(=O)O)c1. The first kappa shape index (κ1) is 22.7. The molecule has 1 aliphatic heterocycles. The first-order valence-electron chi connectivity index (χ1n) is 10.5. The van der Waals surface area contributed by atoms with E-state index < -0.39 is 12.0 Å². The van der Waals surface area contributed by atoms with Crippen LogP contribution >= 0.6 is 0 Å². The van der Waals surface area contributed by atoms with Gasteiger partial charge in [-0.3, -0.25) is 9.69 Å². The highest BCUT2D eigenvalue weighted by atomic mass is 16.5. The summed E-state index contributed by atoms with van der Waals surface area (Å²) < 4.78 is 22.3. The maximum absolute atomic E-state index is 12.1. The molecule has 2 aromatic carbocycles. The Hall–Kier alpha value is -2.93. The van der Waals surface area contributed by atoms with E-state index in [2.05, 4.69) is 4.90 Å². The van der Waals surface area contributed by atoms with Crippen molar-refractivity contribution in [1.82, 2.24) is 4.90 Å². The average Bonchev–Trinajstić information content (AvgIpc) is 2.79. The van der Waals surface area contributed by atoms with Crippen molar-refractivity contribution in [3.05, 3.63) is 47.5 Å². The van der Waals surface area contributed by atoms with Gasteiger partial charge in [-0.05, 0) is 61.7 Å². The van der Waals surface area contributed by atoms with Gasteiger partial charge in [0.2, 0.25) is 5.75 Å². The summed E-state index contributed by atoms with van der Waals surface area (Å²) in [6.45, 7) is 3.17. The largest absolute Gasteiger partial charge is 0.494 e. The first-order chi connectivity index (χ1) is 15.0. The maximum Gasteiger partial charge on any atom is 0.320 e. The molecule has 2 atom stereocenters. The molecule has 1 saturated heterocycles. The van der Waals surface area contributed by atoms with Crippen LogP contribution in [0.4, 0.5) is 0 Å². The van der Waals surface area contributed by atoms with Crippen molar-refractivity contribution < 1.29 is 28.8 Å². The van der Waals surface area contributed by atoms with Crippen LogP contribution < -0.4 is 18.9 Å². The number of benzene rings is 2. The molecule has 0 bridgehead atoms. The molecule has 0 spiro atoms. The quantitative estimate of drug-likeness (QED) is 0.642. The lowest BCUT2D eigenvalue weighted by atomic mass is 9.91. The van der Waals surface area contributed by atoms with Gasteiger partial charge in [0, 0.05) is 0 Å². The van der Waals surface area contributed by atoms with Crippen LogP contribution in [0.5, 0.6) is 23.0 Å². The minimum absolute atomic E-state index is 0.310. The van der Waals surface area contributed by atoms with Gasteiger partial charge in [-0.2, -0.15) is 0 Å². The summed E-state index contributed by atoms with van der Waals surface area (Å²) in [5.74, 6) is 1.52. The Labute approximate surface area is 183 Å². The highest BCUT2D eigenvalue weighted by Gasteiger charge is 2.36. The summed E-state index contributed by atoms with van der Waals surface area (Å²) in [4.78, 5) is 14.2. The third kappa shape index (κ3) is 4.88. The summed E-state index contributed by atoms with van der Waals surface area (Å²) >= 11 is 0. The Morgan fingerprint density at radius 1 is 1.06 bits per heavy atom. The van der Waals surface area contributed by atoms with E-state index in [1.807, 2.05) is 43.3 Å². The fraction of sp³-hybridized carbons (Fsp3) is 0.458. The highest BCUT2D eigenvalue weighted by molar-refractivity contribution is 5.74. The predicted molar refractivity (Wildman–Crippen MR) is 118 cm³/mol. The van der Waals surface area contributed by atoms with Crippen LogP contribution in [-0.2, 0) is 4.79 Å². The third-order valence-corrected chi connectivity index (χ3v) is 5.65. The van der Waals surface area contributed by atoms with E-state index >= 15 is 0 Å². The number of aliphatic carboxylic acids is 1. The van der Waals surface area contributed by atoms with Crippen molar-refractivity contribution in [3.63, 3.8) is 0 Å². The minimum Gasteiger partial charge on any atom is -0.494 e. The summed E-state index contributed by atoms with van der Waals surface area (Å²) in [6.07, 6.45) is 2.45. The van der Waals surface area contributed by atoms with Gasteiger partial charge in [0.1, 0.15) is 11.8 Å². The zero-order valence-electron chi connectivity index (χ0n) is 18.6. The molecular formula is C24H31NO6. The van der Waals surface area contributed by atoms with Crippen LogP contribution in [-0.4, -0.2) is 56.5 Å². The molecule has 3 rings (SSSR count). The van der Waals surface area contributed by atoms with Gasteiger partial charge in [0.05, 0.1) is 34.0 Å². The molecule has 0 amide bonds. The van der Waals surface area contributed by atoms with Crippen molar-refractivity contribution in [3.8, 4) is 23.0 Å². The Bertz CT molecular complexity index is 874. The van der Waals surface area contributed by atoms with Crippen molar-refractivity contribution in [2.24, 2.45) is 0 Å². The molecule has 0 aliphatic carbocycles. The molecule has 0 radical (unpaired) electrons. The summed E-state index contributed by atoms with van der Waals surface area (Å²) in [5, 5.41) is 9.94. The van der Waals surface area contributed by atoms with E-state index in [9.17, 15) is 9.90 Å². The molecule has 0 saturated carbocycles. The molecule has 7 heteroatoms. The molecule has 7 nitrogen and oxygen atoms in total. The predicted octanol–water partition coefficient (Wildman–Crippen LogP) is 4.14. The lowest BCUT2D eigenvalue weighted by molar-refractivity contribution is -0.145. The van der Waals surface area contributed by atoms with E-state index in [1.165, 1.54) is 0 Å². The number of carboxylic acids is 1. The number of nitrogens with zero attached hydrogens (tertiary/aromatic N) is 1. The fourth-order valence-electron chi connectivity index (χ4n) is 4.30. The second-order valence-corrected chi connectivity index (χ2v) is 7.45. The van der Waals surface area contributed by atoms with Gasteiger partial charge in [-0.15, -0.1) is 0 Å². The second kappa shape index (κ2) is 10.4. The smallest absolute Gasteiger partial charge is 0.320 e. The number of methoxy groups -OCH3 is 3. The monoisotopic (exact) mass is 429 g/mol. The standard InChI is InChI=1S/C24H31NO6/c1-5-31-18-10-8-9-16(13-18)22(25-12-7-6-11-19(25)24(26)27)17-14-20(28-2)23(30-4)21(15-17)29-3/h8-10,13-15,19,22H,5-7,11-12H2,1-4H3,(H,26,27). The van der Waals surface area contributed by atoms with E-state index in [4.69, 9.17) is 18.9 Å². The Morgan fingerprint density at radius 3 is 2.35 bits per heavy atom. The first-order valence-corrected chi connectivity index (χ1v) is 10.5. The Morgan fingerprint density at radius 2 is 1.77 bits per heavy atom. The molecule has 1 heterocycles. The molecular weight excluding hydrogens is 398 g/mol. The molecule has 1 N–H and O–H groups in total. The summed E-state index contributed by atoms with van der Waals surface area (Å²) in [7, 11) is 4.72. The van der Waals surface area contributed by atoms with Gasteiger partial charge < -0.3 is 24.1 Å². The van der Waals surface area contributed by atoms with E-state index in [0.717, 1.165) is 29.7 Å². The van der Waals surface area contributed by atoms with Gasteiger partial charge in [0.15, 0.2) is 11.5 Å². The van der Waals surface area contributed by atoms with E-state index in [0.29, 0.717) is 36.8 Å². The number of hydrogen-bond donors (Lipinski definition) is 1. The molecule has 1 aliphatic rings. The van der Waals surface area contributed by atoms with Crippen molar-refractivity contribution >= 4 is 5.97 Å². The van der Waals surface area contributed by atoms with Gasteiger partial charge >= 0.3 is 5.97 Å². The van der Waals surface area contributed by atoms with Crippen LogP contribution in [0.15, 0.2) is 36.4 Å². The van der Waals surface area contributed by atoms with Crippen LogP contribution in [0.3, 0.4) is 0 Å². The Balaban J connectivity index is 2.19. The van der Waals surface area contributed by atoms with E-state index in [-0.39, 0.29) is 6.04 Å². The Kier molecular flexibility index (Phi) is 7.63. The summed E-state index contributed by atoms with van der Waals surface area (Å²) in [5.41, 5.74) is 1.82. The lowest BCUT2D eigenvalue weighted by Crippen LogP contribution is -2.46. The van der Waals surface area contributed by atoms with Gasteiger partial charge in [-0.1, -0.05) is 18.6 Å². The lowest BCUT2D eigenvalue weighted by Gasteiger charge is -2.40. The number of rotatable bonds is 9. The summed E-state index contributed by atoms with van der Waals surface area (Å²) in [6, 6.07) is 10.7. The van der Waals surface area contributed by atoms with Crippen molar-refractivity contribution in [2.45, 2.75) is 38.3 Å². The zero-order valence-corrected chi connectivity index (χ0v) is 18.6. The van der Waals surface area contributed by atoms with Gasteiger partial charge in [0.25, 0.3) is 0 Å². The number of ether oxygens (including phenoxy) is 4. The molecule has 168 valence electrons. The number of likely N-dealkylation sites (tertiary alicyclic amines) is 1. The average molecular weight is 430 g/mol. The van der Waals surface area contributed by atoms with Crippen molar-refractivity contribution in [1.29, 1.82) is 0 Å². The molecule has 31 heavy (non-hydrogen) atoms. The zero-order chi connectivity index (χ0) is 22.4. The number of carboxylic acid groups (broad SMARTS) is 1. The number of piperidine rings is 1. The third-order valence-electron chi connectivity index (χ3n) is 5.65. The number of carbonyl (C=O) groups is 1. The van der Waals surface area contributed by atoms with E-state index in [1.54, 1.807) is 21.3 Å². The molecule has 0 aromatic heterocycles. The fourth-order valence-corrected chi connectivity index (χ4v) is 4.30. The van der Waals surface area contributed by atoms with Crippen molar-refractivity contribution in [2.75, 3.05) is 34.5 Å². The highest BCUT2D eigenvalue weighted by Crippen LogP contribution is 2.43. The molecule has 1 fully saturated rings. The van der Waals surface area contributed by atoms with Crippen LogP contribution in [0.2, 0.25) is 0 Å². The van der Waals surface area contributed by atoms with Gasteiger partial charge in [-0.25, -0.2) is 0 Å². The minimum atomic E-state index is -0.807. The number of hydrogen-bond acceptors (Lipinski definition) is 6. The normalized spacial score (nSPS) is 17.6. The topological polar surface area (TPSA) is 77.5 Å². The molecule has 2 unspecified atom stereocenters. The molecule has 2 aromatic rings. The van der Waals surface area contributed by atoms with Crippen LogP contribution in [0.1, 0.15) is 43.4 Å². The van der Waals surface area contributed by atoms with Crippen LogP contribution in [0.25, 0.3) is 0 Å². The second-order valence-electron chi connectivity index (χ2n) is 7.45. The maximum atomic E-state index is 12.1. The van der Waals surface area contributed by atoms with Crippen LogP contribution in [0, 0.1) is 0 Å².